The van der Waals surface area contributed by atoms with E-state index in [1.807, 2.05) is 11.8 Å². The van der Waals surface area contributed by atoms with E-state index in [2.05, 4.69) is 17.6 Å². The molecule has 6 heteroatoms. The van der Waals surface area contributed by atoms with Gasteiger partial charge in [-0.3, -0.25) is 4.79 Å². The van der Waals surface area contributed by atoms with Crippen molar-refractivity contribution in [1.82, 2.24) is 10.6 Å². The second-order valence-corrected chi connectivity index (χ2v) is 7.67. The molecule has 0 aromatic carbocycles. The van der Waals surface area contributed by atoms with Crippen molar-refractivity contribution >= 4 is 23.8 Å². The first-order chi connectivity index (χ1) is 10.1. The zero-order valence-electron chi connectivity index (χ0n) is 12.6. The van der Waals surface area contributed by atoms with Crippen LogP contribution in [0.3, 0.4) is 0 Å². The summed E-state index contributed by atoms with van der Waals surface area (Å²) in [5.74, 6) is 0.201. The number of carbonyl (C=O) groups is 2. The monoisotopic (exact) mass is 314 g/mol. The van der Waals surface area contributed by atoms with Crippen molar-refractivity contribution in [3.63, 3.8) is 0 Å². The first-order valence-corrected chi connectivity index (χ1v) is 9.04. The highest BCUT2D eigenvalue weighted by atomic mass is 32.2. The zero-order valence-corrected chi connectivity index (χ0v) is 13.5. The van der Waals surface area contributed by atoms with Crippen molar-refractivity contribution in [2.24, 2.45) is 5.92 Å². The van der Waals surface area contributed by atoms with Gasteiger partial charge in [-0.25, -0.2) is 4.79 Å². The van der Waals surface area contributed by atoms with Gasteiger partial charge in [0.05, 0.1) is 5.92 Å². The molecule has 0 aliphatic heterocycles. The second-order valence-electron chi connectivity index (χ2n) is 6.09. The third-order valence-corrected chi connectivity index (χ3v) is 5.77. The summed E-state index contributed by atoms with van der Waals surface area (Å²) in [5.41, 5.74) is 0. The third kappa shape index (κ3) is 5.09. The van der Waals surface area contributed by atoms with Gasteiger partial charge in [-0.1, -0.05) is 6.92 Å². The van der Waals surface area contributed by atoms with Crippen molar-refractivity contribution in [1.29, 1.82) is 0 Å². The number of hydrogen-bond donors (Lipinski definition) is 3. The molecular formula is C15H26N2O3S. The lowest BCUT2D eigenvalue weighted by molar-refractivity contribution is -0.142. The number of carboxylic acids is 1. The lowest BCUT2D eigenvalue weighted by Gasteiger charge is -2.27. The Kier molecular flexibility index (Phi) is 6.21. The van der Waals surface area contributed by atoms with E-state index in [0.717, 1.165) is 31.4 Å². The Morgan fingerprint density at radius 3 is 2.29 bits per heavy atom. The van der Waals surface area contributed by atoms with Gasteiger partial charge in [0.1, 0.15) is 0 Å². The van der Waals surface area contributed by atoms with Crippen LogP contribution in [0.15, 0.2) is 0 Å². The van der Waals surface area contributed by atoms with Gasteiger partial charge < -0.3 is 15.7 Å². The number of rotatable bonds is 5. The molecule has 2 atom stereocenters. The van der Waals surface area contributed by atoms with Gasteiger partial charge >= 0.3 is 12.0 Å². The molecular weight excluding hydrogens is 288 g/mol. The largest absolute Gasteiger partial charge is 0.481 e. The number of urea groups is 1. The van der Waals surface area contributed by atoms with Gasteiger partial charge in [0.25, 0.3) is 0 Å². The fourth-order valence-electron chi connectivity index (χ4n) is 3.36. The van der Waals surface area contributed by atoms with Gasteiger partial charge in [0.2, 0.25) is 0 Å². The number of amides is 2. The molecule has 2 rings (SSSR count). The number of thioether (sulfide) groups is 1. The smallest absolute Gasteiger partial charge is 0.315 e. The highest BCUT2D eigenvalue weighted by Crippen LogP contribution is 2.29. The molecule has 0 heterocycles. The van der Waals surface area contributed by atoms with Crippen LogP contribution in [0.25, 0.3) is 0 Å². The van der Waals surface area contributed by atoms with Gasteiger partial charge in [-0.15, -0.1) is 0 Å². The Labute approximate surface area is 130 Å². The highest BCUT2D eigenvalue weighted by Gasteiger charge is 2.29. The van der Waals surface area contributed by atoms with Crippen LogP contribution in [0.1, 0.15) is 51.9 Å². The minimum Gasteiger partial charge on any atom is -0.481 e. The Morgan fingerprint density at radius 1 is 1.05 bits per heavy atom. The molecule has 2 unspecified atom stereocenters. The predicted molar refractivity (Wildman–Crippen MR) is 84.6 cm³/mol. The summed E-state index contributed by atoms with van der Waals surface area (Å²) in [5, 5.41) is 15.7. The van der Waals surface area contributed by atoms with Gasteiger partial charge in [0.15, 0.2) is 0 Å². The SMILES string of the molecule is CCSC1CCC(NC(=O)NC2CCC(C(=O)O)CC2)C1. The van der Waals surface area contributed by atoms with E-state index in [1.54, 1.807) is 0 Å². The van der Waals surface area contributed by atoms with Crippen molar-refractivity contribution in [3.8, 4) is 0 Å². The van der Waals surface area contributed by atoms with E-state index < -0.39 is 5.97 Å². The van der Waals surface area contributed by atoms with Crippen LogP contribution in [-0.4, -0.2) is 40.2 Å². The quantitative estimate of drug-likeness (QED) is 0.729. The highest BCUT2D eigenvalue weighted by molar-refractivity contribution is 7.99. The Balaban J connectivity index is 1.65. The van der Waals surface area contributed by atoms with Crippen LogP contribution < -0.4 is 10.6 Å². The van der Waals surface area contributed by atoms with Crippen LogP contribution in [0, 0.1) is 5.92 Å². The molecule has 0 aromatic heterocycles. The topological polar surface area (TPSA) is 78.4 Å². The molecule has 0 spiro atoms. The van der Waals surface area contributed by atoms with Crippen molar-refractivity contribution in [2.45, 2.75) is 69.2 Å². The molecule has 21 heavy (non-hydrogen) atoms. The molecule has 2 aliphatic rings. The van der Waals surface area contributed by atoms with E-state index in [-0.39, 0.29) is 18.0 Å². The summed E-state index contributed by atoms with van der Waals surface area (Å²) >= 11 is 1.98. The van der Waals surface area contributed by atoms with Crippen LogP contribution in [0.4, 0.5) is 4.79 Å². The van der Waals surface area contributed by atoms with Gasteiger partial charge in [-0.2, -0.15) is 11.8 Å². The average Bonchev–Trinajstić information content (AvgIpc) is 2.87. The van der Waals surface area contributed by atoms with Crippen LogP contribution in [-0.2, 0) is 4.79 Å². The maximum Gasteiger partial charge on any atom is 0.315 e. The molecule has 2 saturated carbocycles. The standard InChI is InChI=1S/C15H26N2O3S/c1-2-21-13-8-7-12(9-13)17-15(20)16-11-5-3-10(4-6-11)14(18)19/h10-13H,2-9H2,1H3,(H,18,19)(H2,16,17,20). The number of nitrogens with one attached hydrogen (secondary N) is 2. The molecule has 3 N–H and O–H groups in total. The Bertz CT molecular complexity index is 370. The number of aliphatic carboxylic acids is 1. The first-order valence-electron chi connectivity index (χ1n) is 8.00. The van der Waals surface area contributed by atoms with E-state index >= 15 is 0 Å². The molecule has 2 fully saturated rings. The molecule has 2 aliphatic carbocycles. The summed E-state index contributed by atoms with van der Waals surface area (Å²) < 4.78 is 0. The average molecular weight is 314 g/mol. The zero-order chi connectivity index (χ0) is 15.2. The Hall–Kier alpha value is -0.910. The lowest BCUT2D eigenvalue weighted by atomic mass is 9.86. The summed E-state index contributed by atoms with van der Waals surface area (Å²) in [7, 11) is 0. The predicted octanol–water partition coefficient (Wildman–Crippen LogP) is 2.60. The summed E-state index contributed by atoms with van der Waals surface area (Å²) in [6.07, 6.45) is 6.19. The second kappa shape index (κ2) is 7.92. The Morgan fingerprint density at radius 2 is 1.67 bits per heavy atom. The molecule has 0 saturated heterocycles. The summed E-state index contributed by atoms with van der Waals surface area (Å²) in [6.45, 7) is 2.17. The van der Waals surface area contributed by atoms with E-state index in [1.165, 1.54) is 6.42 Å². The maximum atomic E-state index is 12.0. The maximum absolute atomic E-state index is 12.0. The van der Waals surface area contributed by atoms with Crippen LogP contribution in [0.2, 0.25) is 0 Å². The van der Waals surface area contributed by atoms with Crippen LogP contribution in [0.5, 0.6) is 0 Å². The molecule has 0 bridgehead atoms. The molecule has 2 amide bonds. The normalized spacial score (nSPS) is 32.6. The number of carbonyl (C=O) groups excluding carboxylic acids is 1. The molecule has 0 aromatic rings. The first kappa shape index (κ1) is 16.5. The summed E-state index contributed by atoms with van der Waals surface area (Å²) in [6, 6.07) is 0.341. The molecule has 0 radical (unpaired) electrons. The van der Waals surface area contributed by atoms with E-state index in [9.17, 15) is 9.59 Å². The molecule has 5 nitrogen and oxygen atoms in total. The minimum atomic E-state index is -0.705. The van der Waals surface area contributed by atoms with E-state index in [0.29, 0.717) is 24.1 Å². The fraction of sp³-hybridized carbons (Fsp3) is 0.867. The summed E-state index contributed by atoms with van der Waals surface area (Å²) in [4.78, 5) is 22.9. The number of hydrogen-bond acceptors (Lipinski definition) is 3. The van der Waals surface area contributed by atoms with E-state index in [4.69, 9.17) is 5.11 Å². The van der Waals surface area contributed by atoms with Crippen molar-refractivity contribution in [3.05, 3.63) is 0 Å². The lowest BCUT2D eigenvalue weighted by Crippen LogP contribution is -2.47. The van der Waals surface area contributed by atoms with Crippen molar-refractivity contribution < 1.29 is 14.7 Å². The third-order valence-electron chi connectivity index (χ3n) is 4.53. The number of carboxylic acid groups (broad SMARTS) is 1. The molecule has 120 valence electrons. The fourth-order valence-corrected chi connectivity index (χ4v) is 4.50. The minimum absolute atomic E-state index is 0.0825. The van der Waals surface area contributed by atoms with Gasteiger partial charge in [0, 0.05) is 17.3 Å². The van der Waals surface area contributed by atoms with Crippen molar-refractivity contribution in [2.75, 3.05) is 5.75 Å². The van der Waals surface area contributed by atoms with Crippen LogP contribution >= 0.6 is 11.8 Å². The van der Waals surface area contributed by atoms with Gasteiger partial charge in [-0.05, 0) is 50.7 Å².